The number of anilines is 2. The molecule has 216 valence electrons. The lowest BCUT2D eigenvalue weighted by atomic mass is 10.0. The molecule has 2 aliphatic heterocycles. The molecule has 0 bridgehead atoms. The van der Waals surface area contributed by atoms with Gasteiger partial charge >= 0.3 is 0 Å². The van der Waals surface area contributed by atoms with E-state index in [1.165, 1.54) is 22.7 Å². The first-order valence-electron chi connectivity index (χ1n) is 14.3. The van der Waals surface area contributed by atoms with Crippen LogP contribution in [0.2, 0.25) is 10.0 Å². The van der Waals surface area contributed by atoms with Crippen LogP contribution < -0.4 is 10.2 Å². The van der Waals surface area contributed by atoms with Gasteiger partial charge in [-0.15, -0.1) is 11.3 Å². The summed E-state index contributed by atoms with van der Waals surface area (Å²) in [5, 5.41) is 13.1. The minimum Gasteiger partial charge on any atom is -0.369 e. The van der Waals surface area contributed by atoms with Crippen molar-refractivity contribution in [1.29, 1.82) is 0 Å². The summed E-state index contributed by atoms with van der Waals surface area (Å²) in [6, 6.07) is 10.2. The molecule has 1 N–H and O–H groups in total. The highest BCUT2D eigenvalue weighted by atomic mass is 35.5. The van der Waals surface area contributed by atoms with Crippen LogP contribution in [0.15, 0.2) is 66.7 Å². The number of halogens is 2. The maximum Gasteiger partial charge on any atom is 0.186 e. The molecule has 0 spiro atoms. The zero-order valence-corrected chi connectivity index (χ0v) is 25.8. The van der Waals surface area contributed by atoms with Crippen molar-refractivity contribution in [1.82, 2.24) is 29.2 Å². The van der Waals surface area contributed by atoms with E-state index >= 15 is 0 Å². The fourth-order valence-corrected chi connectivity index (χ4v) is 7.23. The average Bonchev–Trinajstić information content (AvgIpc) is 3.82. The zero-order chi connectivity index (χ0) is 28.8. The van der Waals surface area contributed by atoms with Crippen molar-refractivity contribution in [3.63, 3.8) is 0 Å². The van der Waals surface area contributed by atoms with E-state index in [0.29, 0.717) is 15.6 Å². The summed E-state index contributed by atoms with van der Waals surface area (Å²) in [5.74, 6) is 0. The van der Waals surface area contributed by atoms with Crippen molar-refractivity contribution in [3.05, 3.63) is 88.1 Å². The standard InChI is InChI=1S/C31H32Cl2N8S/c1-3-38-12-14-39(15-13-38)22-8-6-21(7-9-22)23-17-25(32)24-18-41(37-28(24)27(23)33)30(20(2)36-31-34-10-16-42-31)29-26-5-4-11-40(26)19-35-29/h6-10,16-19,30H,2-5,11-15H2,1H3,(H,34,36). The Labute approximate surface area is 259 Å². The monoisotopic (exact) mass is 618 g/mol. The fourth-order valence-electron chi connectivity index (χ4n) is 6.11. The Bertz CT molecular complexity index is 1730. The molecule has 2 aliphatic rings. The molecule has 42 heavy (non-hydrogen) atoms. The van der Waals surface area contributed by atoms with Crippen molar-refractivity contribution >= 4 is 56.3 Å². The van der Waals surface area contributed by atoms with E-state index in [9.17, 15) is 0 Å². The number of hydrogen-bond donors (Lipinski definition) is 1. The summed E-state index contributed by atoms with van der Waals surface area (Å²) >= 11 is 15.5. The summed E-state index contributed by atoms with van der Waals surface area (Å²) < 4.78 is 4.10. The maximum atomic E-state index is 7.08. The van der Waals surface area contributed by atoms with E-state index in [-0.39, 0.29) is 6.04 Å². The lowest BCUT2D eigenvalue weighted by Crippen LogP contribution is -2.46. The summed E-state index contributed by atoms with van der Waals surface area (Å²) in [6.45, 7) is 12.9. The largest absolute Gasteiger partial charge is 0.369 e. The van der Waals surface area contributed by atoms with Crippen LogP contribution in [-0.4, -0.2) is 61.9 Å². The molecule has 2 aromatic carbocycles. The number of allylic oxidation sites excluding steroid dienone is 1. The van der Waals surface area contributed by atoms with Crippen LogP contribution in [0.3, 0.4) is 0 Å². The summed E-state index contributed by atoms with van der Waals surface area (Å²) in [5.41, 5.74) is 6.61. The van der Waals surface area contributed by atoms with Crippen molar-refractivity contribution in [3.8, 4) is 11.1 Å². The average molecular weight is 620 g/mol. The molecule has 11 heteroatoms. The third kappa shape index (κ3) is 4.98. The van der Waals surface area contributed by atoms with Gasteiger partial charge in [-0.3, -0.25) is 4.68 Å². The Balaban J connectivity index is 1.24. The first-order chi connectivity index (χ1) is 20.5. The van der Waals surface area contributed by atoms with Crippen LogP contribution in [0, 0.1) is 0 Å². The van der Waals surface area contributed by atoms with E-state index in [1.54, 1.807) is 6.20 Å². The van der Waals surface area contributed by atoms with Gasteiger partial charge in [0.25, 0.3) is 0 Å². The van der Waals surface area contributed by atoms with Crippen molar-refractivity contribution in [2.45, 2.75) is 32.4 Å². The molecule has 5 heterocycles. The first-order valence-corrected chi connectivity index (χ1v) is 16.0. The molecule has 7 rings (SSSR count). The highest BCUT2D eigenvalue weighted by Gasteiger charge is 2.29. The smallest absolute Gasteiger partial charge is 0.186 e. The molecule has 1 fully saturated rings. The molecule has 0 radical (unpaired) electrons. The van der Waals surface area contributed by atoms with Gasteiger partial charge in [0, 0.05) is 78.5 Å². The molecular formula is C31H32Cl2N8S. The quantitative estimate of drug-likeness (QED) is 0.203. The van der Waals surface area contributed by atoms with Crippen molar-refractivity contribution in [2.24, 2.45) is 0 Å². The second kappa shape index (κ2) is 11.4. The highest BCUT2D eigenvalue weighted by molar-refractivity contribution is 7.13. The lowest BCUT2D eigenvalue weighted by Gasteiger charge is -2.35. The van der Waals surface area contributed by atoms with E-state index < -0.39 is 0 Å². The predicted molar refractivity (Wildman–Crippen MR) is 173 cm³/mol. The molecule has 1 atom stereocenters. The van der Waals surface area contributed by atoms with E-state index in [0.717, 1.165) is 85.1 Å². The van der Waals surface area contributed by atoms with Gasteiger partial charge in [0.1, 0.15) is 11.6 Å². The van der Waals surface area contributed by atoms with Crippen LogP contribution in [0.25, 0.3) is 22.0 Å². The Morgan fingerprint density at radius 3 is 2.64 bits per heavy atom. The molecule has 1 unspecified atom stereocenters. The molecule has 0 saturated carbocycles. The summed E-state index contributed by atoms with van der Waals surface area (Å²) in [4.78, 5) is 14.1. The summed E-state index contributed by atoms with van der Waals surface area (Å²) in [6.07, 6.45) is 7.70. The Hall–Kier alpha value is -3.37. The minimum absolute atomic E-state index is 0.362. The Kier molecular flexibility index (Phi) is 7.44. The topological polar surface area (TPSA) is 67.0 Å². The summed E-state index contributed by atoms with van der Waals surface area (Å²) in [7, 11) is 0. The molecule has 3 aromatic heterocycles. The van der Waals surface area contributed by atoms with Gasteiger partial charge in [0.2, 0.25) is 0 Å². The van der Waals surface area contributed by atoms with Crippen LogP contribution >= 0.6 is 34.5 Å². The first kappa shape index (κ1) is 27.5. The van der Waals surface area contributed by atoms with Crippen molar-refractivity contribution < 1.29 is 0 Å². The Morgan fingerprint density at radius 1 is 1.10 bits per heavy atom. The van der Waals surface area contributed by atoms with E-state index in [1.807, 2.05) is 28.7 Å². The van der Waals surface area contributed by atoms with Crippen LogP contribution in [0.1, 0.15) is 30.8 Å². The van der Waals surface area contributed by atoms with E-state index in [2.05, 4.69) is 62.4 Å². The van der Waals surface area contributed by atoms with Gasteiger partial charge in [-0.2, -0.15) is 5.10 Å². The molecule has 1 saturated heterocycles. The van der Waals surface area contributed by atoms with Crippen LogP contribution in [0.5, 0.6) is 0 Å². The van der Waals surface area contributed by atoms with Crippen LogP contribution in [-0.2, 0) is 13.0 Å². The number of thiazole rings is 1. The van der Waals surface area contributed by atoms with Gasteiger partial charge in [0.05, 0.1) is 22.1 Å². The number of nitrogens with zero attached hydrogens (tertiary/aromatic N) is 7. The maximum absolute atomic E-state index is 7.08. The number of aryl methyl sites for hydroxylation is 1. The molecule has 0 aliphatic carbocycles. The van der Waals surface area contributed by atoms with Gasteiger partial charge in [-0.1, -0.05) is 48.8 Å². The number of imidazole rings is 1. The van der Waals surface area contributed by atoms with Gasteiger partial charge in [-0.25, -0.2) is 9.97 Å². The number of hydrogen-bond acceptors (Lipinski definition) is 7. The second-order valence-corrected chi connectivity index (χ2v) is 12.5. The van der Waals surface area contributed by atoms with Crippen LogP contribution in [0.4, 0.5) is 10.8 Å². The molecule has 0 amide bonds. The second-order valence-electron chi connectivity index (χ2n) is 10.8. The third-order valence-electron chi connectivity index (χ3n) is 8.41. The third-order valence-corrected chi connectivity index (χ3v) is 9.80. The number of fused-ring (bicyclic) bond motifs is 2. The van der Waals surface area contributed by atoms with Gasteiger partial charge in [0.15, 0.2) is 5.13 Å². The normalized spacial score (nSPS) is 16.2. The van der Waals surface area contributed by atoms with Gasteiger partial charge < -0.3 is 19.7 Å². The lowest BCUT2D eigenvalue weighted by molar-refractivity contribution is 0.271. The SMILES string of the molecule is C=C(Nc1nccs1)C(c1ncn2c1CCC2)n1cc2c(Cl)cc(-c3ccc(N4CCN(CC)CC4)cc3)c(Cl)c2n1. The zero-order valence-electron chi connectivity index (χ0n) is 23.4. The molecule has 8 nitrogen and oxygen atoms in total. The highest BCUT2D eigenvalue weighted by Crippen LogP contribution is 2.40. The number of aromatic nitrogens is 5. The van der Waals surface area contributed by atoms with Crippen molar-refractivity contribution in [2.75, 3.05) is 42.9 Å². The number of benzene rings is 2. The van der Waals surface area contributed by atoms with Gasteiger partial charge in [-0.05, 0) is 43.1 Å². The number of rotatable bonds is 8. The molecular weight excluding hydrogens is 587 g/mol. The minimum atomic E-state index is -0.362. The fraction of sp³-hybridized carbons (Fsp3) is 0.323. The number of nitrogens with one attached hydrogen (secondary N) is 1. The number of piperazine rings is 1. The van der Waals surface area contributed by atoms with E-state index in [4.69, 9.17) is 33.3 Å². The Morgan fingerprint density at radius 2 is 1.90 bits per heavy atom. The number of likely N-dealkylation sites (N-methyl/N-ethyl adjacent to an activating group) is 1. The molecule has 5 aromatic rings. The predicted octanol–water partition coefficient (Wildman–Crippen LogP) is 6.97.